The van der Waals surface area contributed by atoms with Crippen LogP contribution in [0.15, 0.2) is 78.9 Å². The van der Waals surface area contributed by atoms with Gasteiger partial charge in [0.05, 0.1) is 6.42 Å². The maximum Gasteiger partial charge on any atom is 0.224 e. The Bertz CT molecular complexity index is 913. The van der Waals surface area contributed by atoms with Gasteiger partial charge in [-0.1, -0.05) is 66.7 Å². The fourth-order valence-electron chi connectivity index (χ4n) is 3.48. The molecule has 136 valence electrons. The zero-order valence-electron chi connectivity index (χ0n) is 15.1. The number of carbonyl (C=O) groups is 1. The van der Waals surface area contributed by atoms with Crippen molar-refractivity contribution in [1.82, 2.24) is 5.32 Å². The number of benzene rings is 3. The second-order valence-electron chi connectivity index (χ2n) is 7.30. The minimum Gasteiger partial charge on any atom is -0.355 e. The van der Waals surface area contributed by atoms with E-state index in [-0.39, 0.29) is 17.1 Å². The van der Waals surface area contributed by atoms with Crippen molar-refractivity contribution in [2.24, 2.45) is 0 Å². The highest BCUT2D eigenvalue weighted by Gasteiger charge is 2.44. The average Bonchev–Trinajstić information content (AvgIpc) is 3.49. The molecule has 1 fully saturated rings. The highest BCUT2D eigenvalue weighted by Crippen LogP contribution is 2.47. The summed E-state index contributed by atoms with van der Waals surface area (Å²) in [6.45, 7) is 0.611. The van der Waals surface area contributed by atoms with E-state index in [1.807, 2.05) is 42.5 Å². The lowest BCUT2D eigenvalue weighted by Crippen LogP contribution is -2.33. The van der Waals surface area contributed by atoms with Gasteiger partial charge < -0.3 is 5.32 Å². The van der Waals surface area contributed by atoms with E-state index in [0.29, 0.717) is 13.0 Å². The summed E-state index contributed by atoms with van der Waals surface area (Å²) in [4.78, 5) is 12.4. The van der Waals surface area contributed by atoms with Crippen LogP contribution in [0.1, 0.15) is 24.0 Å². The summed E-state index contributed by atoms with van der Waals surface area (Å²) in [5.41, 5.74) is 4.41. The summed E-state index contributed by atoms with van der Waals surface area (Å²) in [6, 6.07) is 25.0. The highest BCUT2D eigenvalue weighted by atomic mass is 19.1. The molecule has 1 aliphatic carbocycles. The summed E-state index contributed by atoms with van der Waals surface area (Å²) >= 11 is 0. The van der Waals surface area contributed by atoms with Crippen molar-refractivity contribution in [1.29, 1.82) is 0 Å². The lowest BCUT2D eigenvalue weighted by Gasteiger charge is -2.16. The molecular weight excluding hydrogens is 337 g/mol. The first kappa shape index (κ1) is 17.5. The molecule has 2 nitrogen and oxygen atoms in total. The number of carbonyl (C=O) groups excluding carboxylic acids is 1. The van der Waals surface area contributed by atoms with Crippen molar-refractivity contribution >= 4 is 5.91 Å². The topological polar surface area (TPSA) is 29.1 Å². The smallest absolute Gasteiger partial charge is 0.224 e. The number of halogens is 1. The maximum absolute atomic E-state index is 13.1. The molecule has 0 bridgehead atoms. The van der Waals surface area contributed by atoms with Gasteiger partial charge in [0.15, 0.2) is 0 Å². The van der Waals surface area contributed by atoms with Gasteiger partial charge in [-0.3, -0.25) is 4.79 Å². The number of hydrogen-bond acceptors (Lipinski definition) is 1. The molecule has 1 aliphatic rings. The lowest BCUT2D eigenvalue weighted by molar-refractivity contribution is -0.120. The number of amides is 1. The average molecular weight is 359 g/mol. The Balaban J connectivity index is 1.34. The van der Waals surface area contributed by atoms with Gasteiger partial charge >= 0.3 is 0 Å². The molecule has 1 amide bonds. The first-order valence-electron chi connectivity index (χ1n) is 9.32. The van der Waals surface area contributed by atoms with Crippen molar-refractivity contribution in [3.63, 3.8) is 0 Å². The second-order valence-corrected chi connectivity index (χ2v) is 7.30. The largest absolute Gasteiger partial charge is 0.355 e. The Labute approximate surface area is 159 Å². The van der Waals surface area contributed by atoms with Crippen molar-refractivity contribution in [3.05, 3.63) is 95.8 Å². The molecule has 3 heteroatoms. The molecule has 1 saturated carbocycles. The summed E-state index contributed by atoms with van der Waals surface area (Å²) in [7, 11) is 0. The van der Waals surface area contributed by atoms with Gasteiger partial charge in [-0.25, -0.2) is 4.39 Å². The van der Waals surface area contributed by atoms with Crippen LogP contribution in [0.3, 0.4) is 0 Å². The van der Waals surface area contributed by atoms with Crippen molar-refractivity contribution in [2.45, 2.75) is 24.7 Å². The fraction of sp³-hybridized carbons (Fsp3) is 0.208. The van der Waals surface area contributed by atoms with Crippen LogP contribution in [0.4, 0.5) is 4.39 Å². The van der Waals surface area contributed by atoms with Crippen LogP contribution in [0.2, 0.25) is 0 Å². The molecular formula is C24H22FNO. The lowest BCUT2D eigenvalue weighted by atomic mass is 9.96. The third-order valence-corrected chi connectivity index (χ3v) is 5.36. The summed E-state index contributed by atoms with van der Waals surface area (Å²) < 4.78 is 13.1. The minimum absolute atomic E-state index is 0.0134. The molecule has 4 rings (SSSR count). The summed E-state index contributed by atoms with van der Waals surface area (Å²) in [5.74, 6) is -0.201. The molecule has 3 aromatic carbocycles. The van der Waals surface area contributed by atoms with E-state index in [0.717, 1.165) is 29.5 Å². The Morgan fingerprint density at radius 1 is 0.852 bits per heavy atom. The Morgan fingerprint density at radius 3 is 2.11 bits per heavy atom. The van der Waals surface area contributed by atoms with Crippen molar-refractivity contribution < 1.29 is 9.18 Å². The Kier molecular flexibility index (Phi) is 4.76. The molecule has 0 heterocycles. The number of nitrogens with one attached hydrogen (secondary N) is 1. The minimum atomic E-state index is -0.225. The quantitative estimate of drug-likeness (QED) is 0.667. The first-order chi connectivity index (χ1) is 13.1. The molecule has 0 atom stereocenters. The predicted molar refractivity (Wildman–Crippen MR) is 106 cm³/mol. The zero-order valence-corrected chi connectivity index (χ0v) is 15.1. The SMILES string of the molecule is O=C(Cc1ccc(-c2ccccc2)cc1)NCC1(c2ccc(F)cc2)CC1. The fourth-order valence-corrected chi connectivity index (χ4v) is 3.48. The number of rotatable bonds is 6. The molecule has 3 aromatic rings. The normalized spacial score (nSPS) is 14.6. The molecule has 0 unspecified atom stereocenters. The standard InChI is InChI=1S/C24H22FNO/c25-22-12-10-21(11-13-22)24(14-15-24)17-26-23(27)16-18-6-8-20(9-7-18)19-4-2-1-3-5-19/h1-13H,14-17H2,(H,26,27). The van der Waals surface area contributed by atoms with Gasteiger partial charge in [0.25, 0.3) is 0 Å². The van der Waals surface area contributed by atoms with Gasteiger partial charge in [-0.05, 0) is 47.2 Å². The highest BCUT2D eigenvalue weighted by molar-refractivity contribution is 5.79. The van der Waals surface area contributed by atoms with Gasteiger partial charge in [0.2, 0.25) is 5.91 Å². The van der Waals surface area contributed by atoms with E-state index >= 15 is 0 Å². The Hall–Kier alpha value is -2.94. The van der Waals surface area contributed by atoms with Crippen LogP contribution in [0.5, 0.6) is 0 Å². The summed E-state index contributed by atoms with van der Waals surface area (Å²) in [6.07, 6.45) is 2.43. The van der Waals surface area contributed by atoms with E-state index in [9.17, 15) is 9.18 Å². The van der Waals surface area contributed by atoms with Crippen LogP contribution < -0.4 is 5.32 Å². The third kappa shape index (κ3) is 4.08. The monoisotopic (exact) mass is 359 g/mol. The Morgan fingerprint density at radius 2 is 1.48 bits per heavy atom. The van der Waals surface area contributed by atoms with E-state index in [1.165, 1.54) is 17.7 Å². The maximum atomic E-state index is 13.1. The first-order valence-corrected chi connectivity index (χ1v) is 9.32. The molecule has 0 aromatic heterocycles. The van der Waals surface area contributed by atoms with E-state index < -0.39 is 0 Å². The molecule has 0 aliphatic heterocycles. The zero-order chi connectivity index (χ0) is 18.7. The van der Waals surface area contributed by atoms with Crippen LogP contribution in [-0.4, -0.2) is 12.5 Å². The van der Waals surface area contributed by atoms with Crippen LogP contribution in [0, 0.1) is 5.82 Å². The van der Waals surface area contributed by atoms with Gasteiger partial charge in [-0.2, -0.15) is 0 Å². The van der Waals surface area contributed by atoms with Crippen molar-refractivity contribution in [3.8, 4) is 11.1 Å². The van der Waals surface area contributed by atoms with Gasteiger partial charge in [-0.15, -0.1) is 0 Å². The third-order valence-electron chi connectivity index (χ3n) is 5.36. The molecule has 0 radical (unpaired) electrons. The van der Waals surface area contributed by atoms with Crippen LogP contribution in [-0.2, 0) is 16.6 Å². The van der Waals surface area contributed by atoms with Crippen LogP contribution >= 0.6 is 0 Å². The van der Waals surface area contributed by atoms with Crippen molar-refractivity contribution in [2.75, 3.05) is 6.54 Å². The van der Waals surface area contributed by atoms with Gasteiger partial charge in [0, 0.05) is 12.0 Å². The van der Waals surface area contributed by atoms with E-state index in [1.54, 1.807) is 0 Å². The predicted octanol–water partition coefficient (Wildman–Crippen LogP) is 4.88. The second kappa shape index (κ2) is 7.36. The van der Waals surface area contributed by atoms with Crippen LogP contribution in [0.25, 0.3) is 11.1 Å². The molecule has 1 N–H and O–H groups in total. The van der Waals surface area contributed by atoms with E-state index in [2.05, 4.69) is 29.6 Å². The summed E-state index contributed by atoms with van der Waals surface area (Å²) in [5, 5.41) is 3.06. The van der Waals surface area contributed by atoms with Gasteiger partial charge in [0.1, 0.15) is 5.82 Å². The molecule has 27 heavy (non-hydrogen) atoms. The van der Waals surface area contributed by atoms with E-state index in [4.69, 9.17) is 0 Å². The molecule has 0 saturated heterocycles. The molecule has 0 spiro atoms. The number of hydrogen-bond donors (Lipinski definition) is 1.